The zero-order valence-electron chi connectivity index (χ0n) is 20.1. The second kappa shape index (κ2) is 18.6. The molecule has 0 rings (SSSR count). The van der Waals surface area contributed by atoms with Gasteiger partial charge in [0, 0.05) is 6.54 Å². The number of nitrogens with zero attached hydrogens (tertiary/aromatic N) is 1. The van der Waals surface area contributed by atoms with Crippen LogP contribution in [0.1, 0.15) is 58.3 Å². The van der Waals surface area contributed by atoms with E-state index in [0.717, 1.165) is 12.8 Å². The maximum Gasteiger partial charge on any atom is 0.243 e. The number of unbranched alkanes of at least 4 members (excludes halogenated alkanes) is 2. The van der Waals surface area contributed by atoms with Crippen molar-refractivity contribution in [3.8, 4) is 0 Å². The van der Waals surface area contributed by atoms with Crippen molar-refractivity contribution in [1.82, 2.24) is 16.0 Å². The second-order valence-corrected chi connectivity index (χ2v) is 8.17. The molecule has 0 aliphatic carbocycles. The van der Waals surface area contributed by atoms with Gasteiger partial charge in [-0.25, -0.2) is 0 Å². The molecule has 0 saturated heterocycles. The molecule has 0 heterocycles. The van der Waals surface area contributed by atoms with Crippen molar-refractivity contribution in [3.63, 3.8) is 0 Å². The quantitative estimate of drug-likeness (QED) is 0.0409. The molecule has 196 valence electrons. The van der Waals surface area contributed by atoms with Gasteiger partial charge in [0.2, 0.25) is 17.7 Å². The van der Waals surface area contributed by atoms with Crippen molar-refractivity contribution in [1.29, 1.82) is 0 Å². The third-order valence-electron chi connectivity index (χ3n) is 5.10. The van der Waals surface area contributed by atoms with Crippen molar-refractivity contribution in [2.75, 3.05) is 19.6 Å². The van der Waals surface area contributed by atoms with Gasteiger partial charge in [-0.2, -0.15) is 0 Å². The van der Waals surface area contributed by atoms with Gasteiger partial charge in [-0.1, -0.05) is 6.42 Å². The highest BCUT2D eigenvalue weighted by atomic mass is 16.2. The Labute approximate surface area is 201 Å². The third kappa shape index (κ3) is 14.4. The van der Waals surface area contributed by atoms with Gasteiger partial charge in [-0.05, 0) is 65.0 Å². The number of carbonyl (C=O) groups is 4. The van der Waals surface area contributed by atoms with Crippen LogP contribution in [0.15, 0.2) is 4.99 Å². The number of hydrogen-bond acceptors (Lipinski definition) is 8. The molecular weight excluding hydrogens is 442 g/mol. The van der Waals surface area contributed by atoms with Crippen LogP contribution >= 0.6 is 0 Å². The Morgan fingerprint density at radius 2 is 1.44 bits per heavy atom. The molecule has 13 heteroatoms. The lowest BCUT2D eigenvalue weighted by molar-refractivity contribution is -0.132. The monoisotopic (exact) mass is 485 g/mol. The van der Waals surface area contributed by atoms with Crippen molar-refractivity contribution < 1.29 is 19.2 Å². The summed E-state index contributed by atoms with van der Waals surface area (Å²) in [6.45, 7) is 2.76. The molecule has 0 bridgehead atoms. The average molecular weight is 486 g/mol. The van der Waals surface area contributed by atoms with Gasteiger partial charge in [0.05, 0.1) is 12.1 Å². The lowest BCUT2D eigenvalue weighted by Crippen LogP contribution is -2.55. The van der Waals surface area contributed by atoms with Crippen molar-refractivity contribution >= 4 is 30.0 Å². The molecule has 4 atom stereocenters. The van der Waals surface area contributed by atoms with E-state index in [-0.39, 0.29) is 18.9 Å². The van der Waals surface area contributed by atoms with Crippen LogP contribution in [-0.4, -0.2) is 73.8 Å². The molecule has 0 radical (unpaired) electrons. The first-order chi connectivity index (χ1) is 16.2. The fourth-order valence-corrected chi connectivity index (χ4v) is 3.06. The van der Waals surface area contributed by atoms with E-state index < -0.39 is 41.9 Å². The van der Waals surface area contributed by atoms with Crippen LogP contribution < -0.4 is 44.6 Å². The summed E-state index contributed by atoms with van der Waals surface area (Å²) in [7, 11) is 0. The normalized spacial score (nSPS) is 14.2. The molecule has 34 heavy (non-hydrogen) atoms. The molecule has 0 unspecified atom stereocenters. The number of aldehydes is 1. The van der Waals surface area contributed by atoms with Crippen LogP contribution in [0, 0.1) is 0 Å². The maximum absolute atomic E-state index is 12.8. The Morgan fingerprint density at radius 1 is 0.824 bits per heavy atom. The summed E-state index contributed by atoms with van der Waals surface area (Å²) in [5, 5.41) is 7.82. The summed E-state index contributed by atoms with van der Waals surface area (Å²) in [5.41, 5.74) is 27.5. The van der Waals surface area contributed by atoms with Crippen LogP contribution in [0.2, 0.25) is 0 Å². The van der Waals surface area contributed by atoms with Crippen molar-refractivity contribution in [2.45, 2.75) is 82.5 Å². The smallest absolute Gasteiger partial charge is 0.243 e. The summed E-state index contributed by atoms with van der Waals surface area (Å²) in [6.07, 6.45) is 5.04. The highest BCUT2D eigenvalue weighted by Crippen LogP contribution is 2.04. The number of nitrogens with two attached hydrogens (primary N) is 5. The predicted octanol–water partition coefficient (Wildman–Crippen LogP) is -2.70. The van der Waals surface area contributed by atoms with E-state index in [4.69, 9.17) is 28.7 Å². The lowest BCUT2D eigenvalue weighted by Gasteiger charge is -2.23. The van der Waals surface area contributed by atoms with Crippen LogP contribution in [0.4, 0.5) is 0 Å². The van der Waals surface area contributed by atoms with E-state index in [9.17, 15) is 19.2 Å². The molecule has 0 aromatic heterocycles. The maximum atomic E-state index is 12.8. The summed E-state index contributed by atoms with van der Waals surface area (Å²) < 4.78 is 0. The first kappa shape index (κ1) is 31.2. The average Bonchev–Trinajstić information content (AvgIpc) is 2.79. The second-order valence-electron chi connectivity index (χ2n) is 8.17. The first-order valence-corrected chi connectivity index (χ1v) is 11.7. The molecule has 3 amide bonds. The summed E-state index contributed by atoms with van der Waals surface area (Å²) >= 11 is 0. The third-order valence-corrected chi connectivity index (χ3v) is 5.10. The van der Waals surface area contributed by atoms with Crippen molar-refractivity contribution in [2.24, 2.45) is 33.7 Å². The van der Waals surface area contributed by atoms with E-state index >= 15 is 0 Å². The van der Waals surface area contributed by atoms with Crippen LogP contribution in [0.3, 0.4) is 0 Å². The predicted molar refractivity (Wildman–Crippen MR) is 131 cm³/mol. The minimum Gasteiger partial charge on any atom is -0.370 e. The standard InChI is InChI=1S/C21H43N9O4/c1-14(18(32)29-15(13-31)7-2-4-10-22)28-20(34)17(9-6-12-27-21(25)26)30-19(33)16(24)8-3-5-11-23/h13-17H,2-12,22-24H2,1H3,(H,28,34)(H,29,32)(H,30,33)(H4,25,26,27)/t14-,15-,16-,17-/m0/s1. The van der Waals surface area contributed by atoms with E-state index in [0.29, 0.717) is 51.5 Å². The van der Waals surface area contributed by atoms with E-state index in [1.807, 2.05) is 0 Å². The summed E-state index contributed by atoms with van der Waals surface area (Å²) in [6, 6.07) is -3.33. The Bertz CT molecular complexity index is 656. The van der Waals surface area contributed by atoms with Crippen LogP contribution in [0.25, 0.3) is 0 Å². The van der Waals surface area contributed by atoms with Crippen LogP contribution in [0.5, 0.6) is 0 Å². The zero-order valence-corrected chi connectivity index (χ0v) is 20.1. The van der Waals surface area contributed by atoms with Gasteiger partial charge in [-0.3, -0.25) is 19.4 Å². The summed E-state index contributed by atoms with van der Waals surface area (Å²) in [5.74, 6) is -1.62. The van der Waals surface area contributed by atoms with E-state index in [1.165, 1.54) is 6.92 Å². The zero-order chi connectivity index (χ0) is 25.9. The molecular formula is C21H43N9O4. The topological polar surface area (TPSA) is 247 Å². The van der Waals surface area contributed by atoms with Gasteiger partial charge < -0.3 is 49.4 Å². The molecule has 0 aliphatic rings. The minimum atomic E-state index is -0.941. The van der Waals surface area contributed by atoms with Gasteiger partial charge in [0.25, 0.3) is 0 Å². The number of aliphatic imine (C=N–C) groups is 1. The SMILES string of the molecule is C[C@H](NC(=O)[C@H](CCCN=C(N)N)NC(=O)[C@@H](N)CCCCN)C(=O)N[C@H](C=O)CCCCN. The Kier molecular flexibility index (Phi) is 17.1. The molecule has 0 spiro atoms. The highest BCUT2D eigenvalue weighted by molar-refractivity contribution is 5.93. The summed E-state index contributed by atoms with van der Waals surface area (Å²) in [4.78, 5) is 52.9. The van der Waals surface area contributed by atoms with Gasteiger partial charge >= 0.3 is 0 Å². The molecule has 0 aromatic carbocycles. The number of nitrogens with one attached hydrogen (secondary N) is 3. The van der Waals surface area contributed by atoms with Gasteiger partial charge in [0.1, 0.15) is 18.4 Å². The molecule has 0 aliphatic heterocycles. The minimum absolute atomic E-state index is 0.0755. The Balaban J connectivity index is 5.02. The molecule has 0 aromatic rings. The number of hydrogen-bond donors (Lipinski definition) is 8. The van der Waals surface area contributed by atoms with E-state index in [2.05, 4.69) is 20.9 Å². The number of amides is 3. The fourth-order valence-electron chi connectivity index (χ4n) is 3.06. The van der Waals surface area contributed by atoms with Crippen LogP contribution in [-0.2, 0) is 19.2 Å². The molecule has 0 saturated carbocycles. The van der Waals surface area contributed by atoms with Crippen molar-refractivity contribution in [3.05, 3.63) is 0 Å². The number of rotatable bonds is 19. The molecule has 13 nitrogen and oxygen atoms in total. The number of guanidine groups is 1. The largest absolute Gasteiger partial charge is 0.370 e. The van der Waals surface area contributed by atoms with Gasteiger partial charge in [0.15, 0.2) is 5.96 Å². The number of carbonyl (C=O) groups excluding carboxylic acids is 4. The fraction of sp³-hybridized carbons (Fsp3) is 0.762. The molecule has 13 N–H and O–H groups in total. The Hall–Kier alpha value is -2.77. The first-order valence-electron chi connectivity index (χ1n) is 11.7. The Morgan fingerprint density at radius 3 is 2.00 bits per heavy atom. The molecule has 0 fully saturated rings. The van der Waals surface area contributed by atoms with Gasteiger partial charge in [-0.15, -0.1) is 0 Å². The van der Waals surface area contributed by atoms with E-state index in [1.54, 1.807) is 0 Å². The highest BCUT2D eigenvalue weighted by Gasteiger charge is 2.26. The lowest BCUT2D eigenvalue weighted by atomic mass is 10.1.